The van der Waals surface area contributed by atoms with E-state index in [1.54, 1.807) is 18.0 Å². The number of H-pyrrole nitrogens is 1. The molecule has 0 radical (unpaired) electrons. The van der Waals surface area contributed by atoms with Crippen LogP contribution in [0.25, 0.3) is 0 Å². The number of imidazole rings is 1. The minimum atomic E-state index is 0.823. The molecule has 15 heavy (non-hydrogen) atoms. The third-order valence-corrected chi connectivity index (χ3v) is 3.03. The first-order chi connectivity index (χ1) is 7.29. The first kappa shape index (κ1) is 12.6. The number of aromatic amines is 1. The molecule has 4 heteroatoms. The maximum atomic E-state index is 4.15. The van der Waals surface area contributed by atoms with E-state index in [-0.39, 0.29) is 0 Å². The predicted molar refractivity (Wildman–Crippen MR) is 66.3 cm³/mol. The van der Waals surface area contributed by atoms with E-state index in [0.29, 0.717) is 0 Å². The number of thioether (sulfide) groups is 1. The summed E-state index contributed by atoms with van der Waals surface area (Å²) in [5, 5.41) is 4.45. The molecule has 0 aliphatic carbocycles. The van der Waals surface area contributed by atoms with Crippen molar-refractivity contribution in [1.82, 2.24) is 15.3 Å². The molecule has 0 saturated heterocycles. The predicted octanol–water partition coefficient (Wildman–Crippen LogP) is 2.53. The molecule has 3 nitrogen and oxygen atoms in total. The van der Waals surface area contributed by atoms with Gasteiger partial charge in [0.05, 0.1) is 0 Å². The van der Waals surface area contributed by atoms with E-state index < -0.39 is 0 Å². The molecule has 0 saturated carbocycles. The Morgan fingerprint density at radius 2 is 2.33 bits per heavy atom. The van der Waals surface area contributed by atoms with Gasteiger partial charge in [-0.15, -0.1) is 0 Å². The van der Waals surface area contributed by atoms with Crippen molar-refractivity contribution in [2.75, 3.05) is 18.8 Å². The Morgan fingerprint density at radius 1 is 1.47 bits per heavy atom. The van der Waals surface area contributed by atoms with Gasteiger partial charge >= 0.3 is 0 Å². The molecule has 0 aliphatic heterocycles. The molecule has 0 amide bonds. The van der Waals surface area contributed by atoms with Crippen molar-refractivity contribution >= 4 is 11.8 Å². The van der Waals surface area contributed by atoms with Crippen molar-refractivity contribution in [3.8, 4) is 0 Å². The zero-order valence-electron chi connectivity index (χ0n) is 9.62. The highest BCUT2D eigenvalue weighted by Crippen LogP contribution is 2.09. The Hall–Kier alpha value is -0.480. The molecule has 0 fully saturated rings. The normalized spacial score (nSPS) is 11.1. The minimum absolute atomic E-state index is 0.823. The summed E-state index contributed by atoms with van der Waals surface area (Å²) >= 11 is 1.76. The molecule has 0 bridgehead atoms. The Balaban J connectivity index is 1.85. The summed E-state index contributed by atoms with van der Waals surface area (Å²) in [7, 11) is 0. The van der Waals surface area contributed by atoms with Gasteiger partial charge in [-0.1, -0.05) is 25.6 Å². The number of aromatic nitrogens is 2. The third kappa shape index (κ3) is 6.57. The fraction of sp³-hybridized carbons (Fsp3) is 0.727. The van der Waals surface area contributed by atoms with E-state index in [1.807, 2.05) is 6.20 Å². The summed E-state index contributed by atoms with van der Waals surface area (Å²) in [5.74, 6) is 1.90. The van der Waals surface area contributed by atoms with Crippen LogP contribution in [0, 0.1) is 5.92 Å². The van der Waals surface area contributed by atoms with Crippen molar-refractivity contribution in [2.45, 2.75) is 31.8 Å². The maximum absolute atomic E-state index is 4.15. The highest BCUT2D eigenvalue weighted by atomic mass is 32.2. The van der Waals surface area contributed by atoms with Gasteiger partial charge < -0.3 is 10.3 Å². The Kier molecular flexibility index (Phi) is 6.52. The molecule has 1 aromatic heterocycles. The highest BCUT2D eigenvalue weighted by Gasteiger charge is 1.96. The van der Waals surface area contributed by atoms with Gasteiger partial charge in [-0.2, -0.15) is 0 Å². The highest BCUT2D eigenvalue weighted by molar-refractivity contribution is 7.99. The van der Waals surface area contributed by atoms with Gasteiger partial charge in [-0.25, -0.2) is 4.98 Å². The lowest BCUT2D eigenvalue weighted by atomic mass is 10.1. The van der Waals surface area contributed by atoms with Gasteiger partial charge in [0.25, 0.3) is 0 Å². The summed E-state index contributed by atoms with van der Waals surface area (Å²) in [4.78, 5) is 7.23. The second kappa shape index (κ2) is 7.77. The van der Waals surface area contributed by atoms with Crippen LogP contribution in [-0.4, -0.2) is 28.8 Å². The molecule has 86 valence electrons. The molecule has 1 heterocycles. The molecule has 0 aliphatic rings. The van der Waals surface area contributed by atoms with E-state index in [2.05, 4.69) is 29.1 Å². The molecular formula is C11H21N3S. The van der Waals surface area contributed by atoms with Crippen molar-refractivity contribution < 1.29 is 0 Å². The van der Waals surface area contributed by atoms with Gasteiger partial charge in [-0.05, 0) is 25.3 Å². The number of nitrogens with one attached hydrogen (secondary N) is 2. The third-order valence-electron chi connectivity index (χ3n) is 2.13. The standard InChI is InChI=1S/C11H21N3S/c1-10(2)4-3-5-12-8-9-15-11-13-6-7-14-11/h6-7,10,12H,3-5,8-9H2,1-2H3,(H,13,14). The van der Waals surface area contributed by atoms with Crippen LogP contribution in [0.3, 0.4) is 0 Å². The molecule has 2 N–H and O–H groups in total. The molecule has 1 aromatic rings. The Morgan fingerprint density at radius 3 is 3.00 bits per heavy atom. The molecule has 0 atom stereocenters. The van der Waals surface area contributed by atoms with Gasteiger partial charge in [0.15, 0.2) is 5.16 Å². The summed E-state index contributed by atoms with van der Waals surface area (Å²) in [6, 6.07) is 0. The van der Waals surface area contributed by atoms with Gasteiger partial charge in [0.2, 0.25) is 0 Å². The SMILES string of the molecule is CC(C)CCCNCCSc1ncc[nH]1. The monoisotopic (exact) mass is 227 g/mol. The van der Waals surface area contributed by atoms with Crippen LogP contribution in [0.2, 0.25) is 0 Å². The zero-order valence-corrected chi connectivity index (χ0v) is 10.4. The van der Waals surface area contributed by atoms with Crippen molar-refractivity contribution in [1.29, 1.82) is 0 Å². The van der Waals surface area contributed by atoms with Crippen LogP contribution >= 0.6 is 11.8 Å². The minimum Gasteiger partial charge on any atom is -0.340 e. The Labute approximate surface area is 96.5 Å². The van der Waals surface area contributed by atoms with Gasteiger partial charge in [0, 0.05) is 24.7 Å². The van der Waals surface area contributed by atoms with Gasteiger partial charge in [0.1, 0.15) is 0 Å². The average molecular weight is 227 g/mol. The zero-order chi connectivity index (χ0) is 10.9. The van der Waals surface area contributed by atoms with Crippen molar-refractivity contribution in [2.24, 2.45) is 5.92 Å². The number of hydrogen-bond donors (Lipinski definition) is 2. The van der Waals surface area contributed by atoms with E-state index in [0.717, 1.165) is 29.9 Å². The van der Waals surface area contributed by atoms with Crippen LogP contribution < -0.4 is 5.32 Å². The van der Waals surface area contributed by atoms with Gasteiger partial charge in [-0.3, -0.25) is 0 Å². The molecule has 0 spiro atoms. The lowest BCUT2D eigenvalue weighted by Crippen LogP contribution is -2.18. The largest absolute Gasteiger partial charge is 0.340 e. The van der Waals surface area contributed by atoms with E-state index >= 15 is 0 Å². The number of rotatable bonds is 8. The van der Waals surface area contributed by atoms with Crippen molar-refractivity contribution in [3.63, 3.8) is 0 Å². The Bertz CT molecular complexity index is 234. The van der Waals surface area contributed by atoms with E-state index in [9.17, 15) is 0 Å². The average Bonchev–Trinajstić information content (AvgIpc) is 2.68. The first-order valence-corrected chi connectivity index (χ1v) is 6.60. The second-order valence-corrected chi connectivity index (χ2v) is 5.11. The first-order valence-electron chi connectivity index (χ1n) is 5.62. The van der Waals surface area contributed by atoms with Crippen LogP contribution in [0.15, 0.2) is 17.6 Å². The smallest absolute Gasteiger partial charge is 0.165 e. The van der Waals surface area contributed by atoms with Crippen LogP contribution in [-0.2, 0) is 0 Å². The van der Waals surface area contributed by atoms with Crippen LogP contribution in [0.4, 0.5) is 0 Å². The number of hydrogen-bond acceptors (Lipinski definition) is 3. The fourth-order valence-corrected chi connectivity index (χ4v) is 2.04. The molecule has 1 rings (SSSR count). The fourth-order valence-electron chi connectivity index (χ4n) is 1.31. The maximum Gasteiger partial charge on any atom is 0.165 e. The van der Waals surface area contributed by atoms with Crippen molar-refractivity contribution in [3.05, 3.63) is 12.4 Å². The second-order valence-electron chi connectivity index (χ2n) is 4.03. The quantitative estimate of drug-likeness (QED) is 0.529. The summed E-state index contributed by atoms with van der Waals surface area (Å²) in [6.07, 6.45) is 6.25. The van der Waals surface area contributed by atoms with E-state index in [4.69, 9.17) is 0 Å². The summed E-state index contributed by atoms with van der Waals surface area (Å²) in [5.41, 5.74) is 0. The van der Waals surface area contributed by atoms with Crippen LogP contribution in [0.5, 0.6) is 0 Å². The lowest BCUT2D eigenvalue weighted by molar-refractivity contribution is 0.534. The topological polar surface area (TPSA) is 40.7 Å². The number of nitrogens with zero attached hydrogens (tertiary/aromatic N) is 1. The van der Waals surface area contributed by atoms with E-state index in [1.165, 1.54) is 12.8 Å². The molecule has 0 aromatic carbocycles. The lowest BCUT2D eigenvalue weighted by Gasteiger charge is -2.05. The molecule has 0 unspecified atom stereocenters. The summed E-state index contributed by atoms with van der Waals surface area (Å²) < 4.78 is 0. The molecular weight excluding hydrogens is 206 g/mol. The van der Waals surface area contributed by atoms with Crippen LogP contribution in [0.1, 0.15) is 26.7 Å². The summed E-state index contributed by atoms with van der Waals surface area (Å²) in [6.45, 7) is 6.74.